The molecule has 0 aromatic heterocycles. The molecule has 1 rings (SSSR count). The quantitative estimate of drug-likeness (QED) is 0.598. The first kappa shape index (κ1) is 17.5. The van der Waals surface area contributed by atoms with E-state index in [2.05, 4.69) is 79.5 Å². The molecule has 4 heteroatoms. The number of guanidine groups is 1. The average Bonchev–Trinajstić information content (AvgIpc) is 2.46. The zero-order valence-electron chi connectivity index (χ0n) is 14.1. The lowest BCUT2D eigenvalue weighted by atomic mass is 10.1. The summed E-state index contributed by atoms with van der Waals surface area (Å²) in [6.45, 7) is 12.1. The van der Waals surface area contributed by atoms with Gasteiger partial charge in [0.25, 0.3) is 0 Å². The number of rotatable bonds is 7. The summed E-state index contributed by atoms with van der Waals surface area (Å²) < 4.78 is 0. The number of hydrogen-bond acceptors (Lipinski definition) is 2. The van der Waals surface area contributed by atoms with Crippen molar-refractivity contribution in [3.63, 3.8) is 0 Å². The van der Waals surface area contributed by atoms with Gasteiger partial charge in [0.2, 0.25) is 0 Å². The van der Waals surface area contributed by atoms with Gasteiger partial charge >= 0.3 is 0 Å². The van der Waals surface area contributed by atoms with Crippen LogP contribution in [0.5, 0.6) is 0 Å². The fourth-order valence-corrected chi connectivity index (χ4v) is 1.81. The third-order valence-electron chi connectivity index (χ3n) is 3.52. The van der Waals surface area contributed by atoms with Crippen LogP contribution in [0.1, 0.15) is 31.9 Å². The third-order valence-corrected chi connectivity index (χ3v) is 3.52. The van der Waals surface area contributed by atoms with E-state index in [4.69, 9.17) is 0 Å². The van der Waals surface area contributed by atoms with E-state index in [1.165, 1.54) is 11.1 Å². The minimum Gasteiger partial charge on any atom is -0.357 e. The molecule has 0 atom stereocenters. The SMILES string of the molecule is CCNC(=NCc1ccc(C)cc1)NCCN(C)C(C)C. The van der Waals surface area contributed by atoms with Crippen LogP contribution in [0.3, 0.4) is 0 Å². The lowest BCUT2D eigenvalue weighted by Gasteiger charge is -2.21. The number of aryl methyl sites for hydroxylation is 1. The highest BCUT2D eigenvalue weighted by molar-refractivity contribution is 5.79. The number of nitrogens with one attached hydrogen (secondary N) is 2. The molecule has 0 spiro atoms. The Morgan fingerprint density at radius 1 is 1.19 bits per heavy atom. The third kappa shape index (κ3) is 7.14. The molecule has 2 N–H and O–H groups in total. The van der Waals surface area contributed by atoms with Crippen LogP contribution < -0.4 is 10.6 Å². The lowest BCUT2D eigenvalue weighted by Crippen LogP contribution is -2.42. The van der Waals surface area contributed by atoms with E-state index < -0.39 is 0 Å². The summed E-state index contributed by atoms with van der Waals surface area (Å²) in [5, 5.41) is 6.67. The highest BCUT2D eigenvalue weighted by Crippen LogP contribution is 2.04. The number of likely N-dealkylation sites (N-methyl/N-ethyl adjacent to an activating group) is 1. The number of aliphatic imine (C=N–C) groups is 1. The van der Waals surface area contributed by atoms with Crippen LogP contribution in [-0.4, -0.2) is 43.6 Å². The molecule has 0 bridgehead atoms. The molecule has 0 radical (unpaired) electrons. The Morgan fingerprint density at radius 2 is 1.86 bits per heavy atom. The first-order chi connectivity index (χ1) is 10.0. The summed E-state index contributed by atoms with van der Waals surface area (Å²) in [6.07, 6.45) is 0. The van der Waals surface area contributed by atoms with E-state index in [0.29, 0.717) is 12.6 Å². The fraction of sp³-hybridized carbons (Fsp3) is 0.588. The maximum atomic E-state index is 4.63. The Labute approximate surface area is 129 Å². The van der Waals surface area contributed by atoms with Crippen molar-refractivity contribution in [1.29, 1.82) is 0 Å². The summed E-state index contributed by atoms with van der Waals surface area (Å²) in [6, 6.07) is 9.09. The fourth-order valence-electron chi connectivity index (χ4n) is 1.81. The molecule has 1 aromatic carbocycles. The Balaban J connectivity index is 2.47. The molecule has 0 fully saturated rings. The minimum atomic E-state index is 0.568. The molecular formula is C17H30N4. The second-order valence-electron chi connectivity index (χ2n) is 5.68. The second-order valence-corrected chi connectivity index (χ2v) is 5.68. The predicted molar refractivity (Wildman–Crippen MR) is 91.8 cm³/mol. The Bertz CT molecular complexity index is 423. The number of benzene rings is 1. The molecule has 118 valence electrons. The van der Waals surface area contributed by atoms with E-state index in [9.17, 15) is 0 Å². The second kappa shape index (κ2) is 9.40. The van der Waals surface area contributed by atoms with Gasteiger partial charge in [-0.05, 0) is 40.3 Å². The average molecular weight is 290 g/mol. The first-order valence-electron chi connectivity index (χ1n) is 7.81. The molecule has 0 aliphatic carbocycles. The summed E-state index contributed by atoms with van der Waals surface area (Å²) in [5.74, 6) is 0.884. The molecule has 0 amide bonds. The van der Waals surface area contributed by atoms with Crippen LogP contribution in [0.2, 0.25) is 0 Å². The topological polar surface area (TPSA) is 39.7 Å². The molecule has 21 heavy (non-hydrogen) atoms. The van der Waals surface area contributed by atoms with E-state index in [1.54, 1.807) is 0 Å². The Kier molecular flexibility index (Phi) is 7.83. The number of nitrogens with zero attached hydrogens (tertiary/aromatic N) is 2. The molecule has 0 saturated heterocycles. The molecule has 1 aromatic rings. The van der Waals surface area contributed by atoms with Crippen molar-refractivity contribution >= 4 is 5.96 Å². The molecule has 0 saturated carbocycles. The summed E-state index contributed by atoms with van der Waals surface area (Å²) in [7, 11) is 2.14. The van der Waals surface area contributed by atoms with Crippen molar-refractivity contribution in [3.05, 3.63) is 35.4 Å². The van der Waals surface area contributed by atoms with Crippen LogP contribution in [0.4, 0.5) is 0 Å². The number of hydrogen-bond donors (Lipinski definition) is 2. The van der Waals surface area contributed by atoms with Crippen molar-refractivity contribution in [2.75, 3.05) is 26.7 Å². The van der Waals surface area contributed by atoms with Gasteiger partial charge in [-0.15, -0.1) is 0 Å². The van der Waals surface area contributed by atoms with Crippen molar-refractivity contribution in [3.8, 4) is 0 Å². The molecule has 0 unspecified atom stereocenters. The smallest absolute Gasteiger partial charge is 0.191 e. The van der Waals surface area contributed by atoms with E-state index in [1.807, 2.05) is 0 Å². The van der Waals surface area contributed by atoms with Crippen LogP contribution in [0.15, 0.2) is 29.3 Å². The maximum Gasteiger partial charge on any atom is 0.191 e. The van der Waals surface area contributed by atoms with Gasteiger partial charge in [0.05, 0.1) is 6.54 Å². The lowest BCUT2D eigenvalue weighted by molar-refractivity contribution is 0.278. The van der Waals surface area contributed by atoms with Gasteiger partial charge in [0.1, 0.15) is 0 Å². The largest absolute Gasteiger partial charge is 0.357 e. The highest BCUT2D eigenvalue weighted by Gasteiger charge is 2.03. The van der Waals surface area contributed by atoms with Gasteiger partial charge in [-0.1, -0.05) is 29.8 Å². The van der Waals surface area contributed by atoms with Crippen molar-refractivity contribution in [2.45, 2.75) is 40.3 Å². The summed E-state index contributed by atoms with van der Waals surface area (Å²) in [5.41, 5.74) is 2.52. The monoisotopic (exact) mass is 290 g/mol. The van der Waals surface area contributed by atoms with Gasteiger partial charge in [-0.2, -0.15) is 0 Å². The van der Waals surface area contributed by atoms with Crippen molar-refractivity contribution < 1.29 is 0 Å². The zero-order valence-corrected chi connectivity index (χ0v) is 14.1. The van der Waals surface area contributed by atoms with Gasteiger partial charge in [0, 0.05) is 25.7 Å². The Morgan fingerprint density at radius 3 is 2.43 bits per heavy atom. The molecule has 0 aliphatic heterocycles. The van der Waals surface area contributed by atoms with Gasteiger partial charge in [0.15, 0.2) is 5.96 Å². The highest BCUT2D eigenvalue weighted by atomic mass is 15.2. The van der Waals surface area contributed by atoms with E-state index in [0.717, 1.165) is 25.6 Å². The van der Waals surface area contributed by atoms with Crippen LogP contribution in [-0.2, 0) is 6.54 Å². The van der Waals surface area contributed by atoms with Crippen molar-refractivity contribution in [2.24, 2.45) is 4.99 Å². The Hall–Kier alpha value is -1.55. The van der Waals surface area contributed by atoms with Gasteiger partial charge in [-0.25, -0.2) is 4.99 Å². The normalized spacial score (nSPS) is 12.0. The predicted octanol–water partition coefficient (Wildman–Crippen LogP) is 2.39. The molecular weight excluding hydrogens is 260 g/mol. The van der Waals surface area contributed by atoms with Crippen LogP contribution >= 0.6 is 0 Å². The molecule has 0 heterocycles. The molecule has 0 aliphatic rings. The molecule has 4 nitrogen and oxygen atoms in total. The van der Waals surface area contributed by atoms with Gasteiger partial charge in [-0.3, -0.25) is 0 Å². The van der Waals surface area contributed by atoms with Crippen LogP contribution in [0.25, 0.3) is 0 Å². The summed E-state index contributed by atoms with van der Waals surface area (Å²) >= 11 is 0. The van der Waals surface area contributed by atoms with Crippen LogP contribution in [0, 0.1) is 6.92 Å². The minimum absolute atomic E-state index is 0.568. The van der Waals surface area contributed by atoms with Crippen molar-refractivity contribution in [1.82, 2.24) is 15.5 Å². The van der Waals surface area contributed by atoms with E-state index >= 15 is 0 Å². The standard InChI is InChI=1S/C17H30N4/c1-6-18-17(19-11-12-21(5)14(2)3)20-13-16-9-7-15(4)8-10-16/h7-10,14H,6,11-13H2,1-5H3,(H2,18,19,20). The first-order valence-corrected chi connectivity index (χ1v) is 7.81. The maximum absolute atomic E-state index is 4.63. The van der Waals surface area contributed by atoms with Gasteiger partial charge < -0.3 is 15.5 Å². The summed E-state index contributed by atoms with van der Waals surface area (Å²) in [4.78, 5) is 6.95. The zero-order chi connectivity index (χ0) is 15.7. The van der Waals surface area contributed by atoms with E-state index in [-0.39, 0.29) is 0 Å².